The molecule has 0 saturated carbocycles. The number of hydrogen-bond donors (Lipinski definition) is 1. The maximum absolute atomic E-state index is 11.7. The number of para-hydroxylation sites is 1. The van der Waals surface area contributed by atoms with Gasteiger partial charge in [-0.25, -0.2) is 0 Å². The monoisotopic (exact) mass is 299 g/mol. The molecule has 22 heavy (non-hydrogen) atoms. The molecule has 0 amide bonds. The van der Waals surface area contributed by atoms with Crippen molar-refractivity contribution in [2.75, 3.05) is 26.1 Å². The van der Waals surface area contributed by atoms with Crippen LogP contribution in [0.1, 0.15) is 17.0 Å². The average Bonchev–Trinajstić information content (AvgIpc) is 2.52. The molecular weight excluding hydrogens is 278 g/mol. The van der Waals surface area contributed by atoms with Crippen LogP contribution in [0.5, 0.6) is 5.75 Å². The van der Waals surface area contributed by atoms with Crippen LogP contribution in [-0.4, -0.2) is 32.3 Å². The standard InChI is InChI=1S/C18H21NO3/c1-19(2)15-9-6-8-13(11-15)16(18(20)21)12-14-7-4-5-10-17(14)22-3/h4-11,16H,12H2,1-3H3,(H,20,21). The van der Waals surface area contributed by atoms with Crippen molar-refractivity contribution in [3.63, 3.8) is 0 Å². The van der Waals surface area contributed by atoms with Crippen LogP contribution >= 0.6 is 0 Å². The van der Waals surface area contributed by atoms with Gasteiger partial charge in [-0.1, -0.05) is 30.3 Å². The normalized spacial score (nSPS) is 11.8. The highest BCUT2D eigenvalue weighted by atomic mass is 16.5. The van der Waals surface area contributed by atoms with Gasteiger partial charge in [0.05, 0.1) is 13.0 Å². The topological polar surface area (TPSA) is 49.8 Å². The summed E-state index contributed by atoms with van der Waals surface area (Å²) >= 11 is 0. The lowest BCUT2D eigenvalue weighted by atomic mass is 9.91. The van der Waals surface area contributed by atoms with Crippen LogP contribution < -0.4 is 9.64 Å². The summed E-state index contributed by atoms with van der Waals surface area (Å²) in [6, 6.07) is 15.2. The fourth-order valence-electron chi connectivity index (χ4n) is 2.46. The van der Waals surface area contributed by atoms with Gasteiger partial charge in [-0.05, 0) is 35.7 Å². The Morgan fingerprint density at radius 2 is 1.91 bits per heavy atom. The summed E-state index contributed by atoms with van der Waals surface area (Å²) in [6.45, 7) is 0. The third-order valence-corrected chi connectivity index (χ3v) is 3.70. The van der Waals surface area contributed by atoms with Gasteiger partial charge < -0.3 is 14.7 Å². The van der Waals surface area contributed by atoms with Crippen LogP contribution in [-0.2, 0) is 11.2 Å². The largest absolute Gasteiger partial charge is 0.496 e. The van der Waals surface area contributed by atoms with E-state index in [4.69, 9.17) is 4.74 Å². The van der Waals surface area contributed by atoms with E-state index >= 15 is 0 Å². The second-order valence-corrected chi connectivity index (χ2v) is 5.40. The van der Waals surface area contributed by atoms with Crippen molar-refractivity contribution in [2.24, 2.45) is 0 Å². The van der Waals surface area contributed by atoms with Crippen molar-refractivity contribution in [3.8, 4) is 5.75 Å². The van der Waals surface area contributed by atoms with E-state index in [2.05, 4.69) is 0 Å². The third-order valence-electron chi connectivity index (χ3n) is 3.70. The number of ether oxygens (including phenoxy) is 1. The Balaban J connectivity index is 2.35. The summed E-state index contributed by atoms with van der Waals surface area (Å²) in [7, 11) is 5.48. The van der Waals surface area contributed by atoms with E-state index in [1.807, 2.05) is 67.5 Å². The second-order valence-electron chi connectivity index (χ2n) is 5.40. The fraction of sp³-hybridized carbons (Fsp3) is 0.278. The predicted molar refractivity (Wildman–Crippen MR) is 87.8 cm³/mol. The van der Waals surface area contributed by atoms with Gasteiger partial charge in [-0.15, -0.1) is 0 Å². The Labute approximate surface area is 131 Å². The van der Waals surface area contributed by atoms with Gasteiger partial charge in [0.2, 0.25) is 0 Å². The third kappa shape index (κ3) is 3.58. The molecule has 0 aliphatic heterocycles. The highest BCUT2D eigenvalue weighted by Gasteiger charge is 2.22. The number of carbonyl (C=O) groups is 1. The van der Waals surface area contributed by atoms with Crippen LogP contribution in [0.25, 0.3) is 0 Å². The second kappa shape index (κ2) is 6.98. The molecule has 4 nitrogen and oxygen atoms in total. The summed E-state index contributed by atoms with van der Waals surface area (Å²) in [5.41, 5.74) is 2.68. The Hall–Kier alpha value is -2.49. The SMILES string of the molecule is COc1ccccc1CC(C(=O)O)c1cccc(N(C)C)c1. The zero-order chi connectivity index (χ0) is 16.1. The first kappa shape index (κ1) is 15.9. The van der Waals surface area contributed by atoms with Gasteiger partial charge in [0.1, 0.15) is 5.75 Å². The highest BCUT2D eigenvalue weighted by molar-refractivity contribution is 5.77. The number of carboxylic acids is 1. The first-order chi connectivity index (χ1) is 10.5. The van der Waals surface area contributed by atoms with Gasteiger partial charge in [0.15, 0.2) is 0 Å². The lowest BCUT2D eigenvalue weighted by Gasteiger charge is -2.18. The average molecular weight is 299 g/mol. The van der Waals surface area contributed by atoms with Crippen molar-refractivity contribution in [2.45, 2.75) is 12.3 Å². The van der Waals surface area contributed by atoms with Gasteiger partial charge in [0, 0.05) is 19.8 Å². The van der Waals surface area contributed by atoms with E-state index < -0.39 is 11.9 Å². The van der Waals surface area contributed by atoms with E-state index in [9.17, 15) is 9.90 Å². The maximum Gasteiger partial charge on any atom is 0.311 e. The van der Waals surface area contributed by atoms with Crippen LogP contribution in [0.3, 0.4) is 0 Å². The Morgan fingerprint density at radius 3 is 2.55 bits per heavy atom. The molecule has 0 aliphatic rings. The van der Waals surface area contributed by atoms with Crippen LogP contribution in [0.4, 0.5) is 5.69 Å². The van der Waals surface area contributed by atoms with Crippen LogP contribution in [0.2, 0.25) is 0 Å². The minimum absolute atomic E-state index is 0.399. The van der Waals surface area contributed by atoms with Crippen LogP contribution in [0, 0.1) is 0 Å². The van der Waals surface area contributed by atoms with Crippen LogP contribution in [0.15, 0.2) is 48.5 Å². The Kier molecular flexibility index (Phi) is 5.04. The van der Waals surface area contributed by atoms with Gasteiger partial charge in [-0.2, -0.15) is 0 Å². The Morgan fingerprint density at radius 1 is 1.18 bits per heavy atom. The van der Waals surface area contributed by atoms with E-state index in [-0.39, 0.29) is 0 Å². The van der Waals surface area contributed by atoms with Gasteiger partial charge in [-0.3, -0.25) is 4.79 Å². The van der Waals surface area contributed by atoms with E-state index in [0.29, 0.717) is 6.42 Å². The molecule has 0 aliphatic carbocycles. The van der Waals surface area contributed by atoms with E-state index in [1.165, 1.54) is 0 Å². The minimum Gasteiger partial charge on any atom is -0.496 e. The first-order valence-corrected chi connectivity index (χ1v) is 7.15. The number of carboxylic acid groups (broad SMARTS) is 1. The molecule has 0 heterocycles. The molecule has 2 rings (SSSR count). The highest BCUT2D eigenvalue weighted by Crippen LogP contribution is 2.28. The molecule has 2 aromatic carbocycles. The number of anilines is 1. The molecule has 1 atom stereocenters. The molecule has 0 aromatic heterocycles. The molecule has 0 saturated heterocycles. The number of hydrogen-bond acceptors (Lipinski definition) is 3. The lowest BCUT2D eigenvalue weighted by Crippen LogP contribution is -2.16. The molecule has 0 bridgehead atoms. The molecule has 0 radical (unpaired) electrons. The number of rotatable bonds is 6. The number of methoxy groups -OCH3 is 1. The summed E-state index contributed by atoms with van der Waals surface area (Å²) in [5, 5.41) is 9.63. The number of nitrogens with zero attached hydrogens (tertiary/aromatic N) is 1. The summed E-state index contributed by atoms with van der Waals surface area (Å²) < 4.78 is 5.32. The van der Waals surface area contributed by atoms with Crippen molar-refractivity contribution in [1.29, 1.82) is 0 Å². The number of aliphatic carboxylic acids is 1. The molecule has 1 unspecified atom stereocenters. The molecule has 2 aromatic rings. The first-order valence-electron chi connectivity index (χ1n) is 7.15. The van der Waals surface area contributed by atoms with Crippen molar-refractivity contribution in [1.82, 2.24) is 0 Å². The van der Waals surface area contributed by atoms with Crippen molar-refractivity contribution in [3.05, 3.63) is 59.7 Å². The molecule has 0 fully saturated rings. The quantitative estimate of drug-likeness (QED) is 0.890. The predicted octanol–water partition coefficient (Wildman–Crippen LogP) is 3.17. The number of benzene rings is 2. The zero-order valence-corrected chi connectivity index (χ0v) is 13.1. The summed E-state index contributed by atoms with van der Waals surface area (Å²) in [5.74, 6) is -0.712. The van der Waals surface area contributed by atoms with E-state index in [0.717, 1.165) is 22.6 Å². The minimum atomic E-state index is -0.832. The van der Waals surface area contributed by atoms with Gasteiger partial charge in [0.25, 0.3) is 0 Å². The zero-order valence-electron chi connectivity index (χ0n) is 13.1. The molecule has 116 valence electrons. The maximum atomic E-state index is 11.7. The fourth-order valence-corrected chi connectivity index (χ4v) is 2.46. The smallest absolute Gasteiger partial charge is 0.311 e. The molecule has 1 N–H and O–H groups in total. The van der Waals surface area contributed by atoms with Crippen molar-refractivity contribution < 1.29 is 14.6 Å². The Bertz CT molecular complexity index is 652. The molecule has 4 heteroatoms. The van der Waals surface area contributed by atoms with Crippen molar-refractivity contribution >= 4 is 11.7 Å². The lowest BCUT2D eigenvalue weighted by molar-refractivity contribution is -0.138. The summed E-state index contributed by atoms with van der Waals surface area (Å²) in [4.78, 5) is 13.7. The van der Waals surface area contributed by atoms with Gasteiger partial charge >= 0.3 is 5.97 Å². The summed E-state index contributed by atoms with van der Waals surface area (Å²) in [6.07, 6.45) is 0.399. The van der Waals surface area contributed by atoms with E-state index in [1.54, 1.807) is 7.11 Å². The molecular formula is C18H21NO3. The molecule has 0 spiro atoms.